The molecule has 2 N–H and O–H groups in total. The summed E-state index contributed by atoms with van der Waals surface area (Å²) < 4.78 is 0. The molecule has 17 heavy (non-hydrogen) atoms. The minimum absolute atomic E-state index is 0.271. The fourth-order valence-corrected chi connectivity index (χ4v) is 3.03. The third-order valence-electron chi connectivity index (χ3n) is 3.94. The van der Waals surface area contributed by atoms with Crippen LogP contribution in [0.5, 0.6) is 0 Å². The van der Waals surface area contributed by atoms with E-state index >= 15 is 0 Å². The topological polar surface area (TPSA) is 44.4 Å². The number of amides is 1. The van der Waals surface area contributed by atoms with E-state index in [-0.39, 0.29) is 11.8 Å². The average Bonchev–Trinajstić information content (AvgIpc) is 2.72. The molecular weight excluding hydrogens is 214 g/mol. The third-order valence-corrected chi connectivity index (χ3v) is 3.94. The van der Waals surface area contributed by atoms with Crippen molar-refractivity contribution in [3.8, 4) is 0 Å². The van der Waals surface area contributed by atoms with Crippen molar-refractivity contribution in [3.63, 3.8) is 0 Å². The van der Waals surface area contributed by atoms with Crippen LogP contribution in [0.2, 0.25) is 0 Å². The number of nitrogens with zero attached hydrogens (tertiary/aromatic N) is 1. The van der Waals surface area contributed by atoms with Crippen LogP contribution in [0.25, 0.3) is 0 Å². The Morgan fingerprint density at radius 2 is 2.35 bits per heavy atom. The molecule has 2 rings (SSSR count). The second kappa shape index (κ2) is 6.36. The van der Waals surface area contributed by atoms with Gasteiger partial charge in [-0.1, -0.05) is 6.92 Å². The predicted octanol–water partition coefficient (Wildman–Crippen LogP) is 0.587. The summed E-state index contributed by atoms with van der Waals surface area (Å²) in [6.07, 6.45) is 4.66. The maximum Gasteiger partial charge on any atom is 0.224 e. The summed E-state index contributed by atoms with van der Waals surface area (Å²) in [5, 5.41) is 6.44. The van der Waals surface area contributed by atoms with E-state index in [9.17, 15) is 4.79 Å². The third kappa shape index (κ3) is 3.19. The number of carbonyl (C=O) groups excluding carboxylic acids is 1. The van der Waals surface area contributed by atoms with Crippen molar-refractivity contribution < 1.29 is 4.79 Å². The Bertz CT molecular complexity index is 257. The van der Waals surface area contributed by atoms with E-state index in [2.05, 4.69) is 22.5 Å². The van der Waals surface area contributed by atoms with E-state index in [0.717, 1.165) is 32.6 Å². The van der Waals surface area contributed by atoms with Gasteiger partial charge in [-0.2, -0.15) is 0 Å². The summed E-state index contributed by atoms with van der Waals surface area (Å²) in [5.74, 6) is 0.552. The van der Waals surface area contributed by atoms with Gasteiger partial charge >= 0.3 is 0 Å². The number of fused-ring (bicyclic) bond motifs is 1. The Balaban J connectivity index is 1.71. The molecule has 2 saturated heterocycles. The molecule has 0 radical (unpaired) electrons. The highest BCUT2D eigenvalue weighted by molar-refractivity contribution is 5.82. The lowest BCUT2D eigenvalue weighted by molar-refractivity contribution is -0.124. The normalized spacial score (nSPS) is 29.1. The van der Waals surface area contributed by atoms with E-state index in [4.69, 9.17) is 0 Å². The zero-order valence-electron chi connectivity index (χ0n) is 10.9. The second-order valence-electron chi connectivity index (χ2n) is 5.20. The summed E-state index contributed by atoms with van der Waals surface area (Å²) in [4.78, 5) is 14.1. The maximum atomic E-state index is 11.6. The molecule has 2 heterocycles. The Morgan fingerprint density at radius 3 is 3.18 bits per heavy atom. The van der Waals surface area contributed by atoms with Gasteiger partial charge in [-0.25, -0.2) is 0 Å². The molecule has 0 aromatic carbocycles. The lowest BCUT2D eigenvalue weighted by Gasteiger charge is -2.35. The van der Waals surface area contributed by atoms with Gasteiger partial charge in [0.15, 0.2) is 0 Å². The van der Waals surface area contributed by atoms with Gasteiger partial charge in [0.25, 0.3) is 0 Å². The molecule has 0 aliphatic carbocycles. The largest absolute Gasteiger partial charge is 0.354 e. The summed E-state index contributed by atoms with van der Waals surface area (Å²) in [7, 11) is 0. The van der Waals surface area contributed by atoms with E-state index in [1.807, 2.05) is 0 Å². The lowest BCUT2D eigenvalue weighted by Crippen LogP contribution is -2.46. The first-order valence-electron chi connectivity index (χ1n) is 7.05. The van der Waals surface area contributed by atoms with Crippen LogP contribution in [-0.2, 0) is 4.79 Å². The van der Waals surface area contributed by atoms with Crippen molar-refractivity contribution in [1.82, 2.24) is 15.5 Å². The molecular formula is C13H25N3O. The van der Waals surface area contributed by atoms with E-state index in [1.54, 1.807) is 0 Å². The second-order valence-corrected chi connectivity index (χ2v) is 5.20. The van der Waals surface area contributed by atoms with Crippen LogP contribution in [0.4, 0.5) is 0 Å². The maximum absolute atomic E-state index is 11.6. The van der Waals surface area contributed by atoms with Crippen LogP contribution >= 0.6 is 0 Å². The molecule has 4 heteroatoms. The van der Waals surface area contributed by atoms with Crippen molar-refractivity contribution in [2.24, 2.45) is 5.92 Å². The Kier molecular flexibility index (Phi) is 4.80. The average molecular weight is 239 g/mol. The van der Waals surface area contributed by atoms with Crippen LogP contribution in [0.1, 0.15) is 32.6 Å². The van der Waals surface area contributed by atoms with Crippen LogP contribution in [-0.4, -0.2) is 49.6 Å². The molecule has 0 saturated carbocycles. The van der Waals surface area contributed by atoms with Crippen LogP contribution in [0.3, 0.4) is 0 Å². The molecule has 0 spiro atoms. The van der Waals surface area contributed by atoms with E-state index < -0.39 is 0 Å². The molecule has 2 atom stereocenters. The fourth-order valence-electron chi connectivity index (χ4n) is 3.03. The number of rotatable bonds is 6. The van der Waals surface area contributed by atoms with Gasteiger partial charge in [0.2, 0.25) is 5.91 Å². The molecule has 2 aliphatic heterocycles. The number of likely N-dealkylation sites (tertiary alicyclic amines) is 1. The summed E-state index contributed by atoms with van der Waals surface area (Å²) in [6, 6.07) is 0.474. The van der Waals surface area contributed by atoms with Gasteiger partial charge in [0.05, 0.1) is 5.92 Å². The standard InChI is InChI=1S/C13H25N3O/c1-2-6-14-7-4-9-16-8-3-5-11-12(16)10-15-13(11)17/h11-12,14H,2-10H2,1H3,(H,15,17). The van der Waals surface area contributed by atoms with Crippen LogP contribution in [0, 0.1) is 5.92 Å². The molecule has 0 aromatic heterocycles. The molecule has 2 fully saturated rings. The Hall–Kier alpha value is -0.610. The summed E-state index contributed by atoms with van der Waals surface area (Å²) in [5.41, 5.74) is 0. The van der Waals surface area contributed by atoms with Crippen molar-refractivity contribution in [1.29, 1.82) is 0 Å². The molecule has 0 bridgehead atoms. The van der Waals surface area contributed by atoms with E-state index in [1.165, 1.54) is 25.8 Å². The number of carbonyl (C=O) groups is 1. The zero-order chi connectivity index (χ0) is 12.1. The number of piperidine rings is 1. The smallest absolute Gasteiger partial charge is 0.224 e. The van der Waals surface area contributed by atoms with Gasteiger partial charge in [-0.05, 0) is 51.9 Å². The highest BCUT2D eigenvalue weighted by Gasteiger charge is 2.40. The number of nitrogens with one attached hydrogen (secondary N) is 2. The molecule has 2 aliphatic rings. The quantitative estimate of drug-likeness (QED) is 0.667. The number of hydrogen-bond acceptors (Lipinski definition) is 3. The van der Waals surface area contributed by atoms with Crippen LogP contribution < -0.4 is 10.6 Å². The minimum Gasteiger partial charge on any atom is -0.354 e. The number of hydrogen-bond donors (Lipinski definition) is 2. The Morgan fingerprint density at radius 1 is 1.47 bits per heavy atom. The van der Waals surface area contributed by atoms with E-state index in [0.29, 0.717) is 6.04 Å². The first-order valence-corrected chi connectivity index (χ1v) is 7.05. The van der Waals surface area contributed by atoms with Gasteiger partial charge in [0, 0.05) is 12.6 Å². The molecule has 4 nitrogen and oxygen atoms in total. The lowest BCUT2D eigenvalue weighted by atomic mass is 9.91. The van der Waals surface area contributed by atoms with Crippen molar-refractivity contribution in [2.75, 3.05) is 32.7 Å². The van der Waals surface area contributed by atoms with Gasteiger partial charge in [-0.3, -0.25) is 9.69 Å². The first-order chi connectivity index (χ1) is 8.33. The SMILES string of the molecule is CCCNCCCN1CCCC2C(=O)NCC21. The Labute approximate surface area is 104 Å². The van der Waals surface area contributed by atoms with Crippen LogP contribution in [0.15, 0.2) is 0 Å². The molecule has 1 amide bonds. The first kappa shape index (κ1) is 12.8. The van der Waals surface area contributed by atoms with Crippen molar-refractivity contribution >= 4 is 5.91 Å². The highest BCUT2D eigenvalue weighted by Crippen LogP contribution is 2.27. The fraction of sp³-hybridized carbons (Fsp3) is 0.923. The minimum atomic E-state index is 0.271. The predicted molar refractivity (Wildman–Crippen MR) is 68.9 cm³/mol. The van der Waals surface area contributed by atoms with Crippen molar-refractivity contribution in [2.45, 2.75) is 38.6 Å². The summed E-state index contributed by atoms with van der Waals surface area (Å²) >= 11 is 0. The van der Waals surface area contributed by atoms with Gasteiger partial charge in [-0.15, -0.1) is 0 Å². The van der Waals surface area contributed by atoms with Crippen molar-refractivity contribution in [3.05, 3.63) is 0 Å². The molecule has 2 unspecified atom stereocenters. The van der Waals surface area contributed by atoms with Gasteiger partial charge < -0.3 is 10.6 Å². The molecule has 98 valence electrons. The summed E-state index contributed by atoms with van der Waals surface area (Å²) in [6.45, 7) is 7.58. The monoisotopic (exact) mass is 239 g/mol. The highest BCUT2D eigenvalue weighted by atomic mass is 16.2. The molecule has 0 aromatic rings. The zero-order valence-corrected chi connectivity index (χ0v) is 10.9. The van der Waals surface area contributed by atoms with Gasteiger partial charge in [0.1, 0.15) is 0 Å².